The van der Waals surface area contributed by atoms with Gasteiger partial charge in [0.2, 0.25) is 5.91 Å². The van der Waals surface area contributed by atoms with E-state index in [1.54, 1.807) is 0 Å². The summed E-state index contributed by atoms with van der Waals surface area (Å²) in [7, 11) is 0. The first-order valence-electron chi connectivity index (χ1n) is 7.99. The van der Waals surface area contributed by atoms with E-state index in [4.69, 9.17) is 0 Å². The minimum absolute atomic E-state index is 0.00609. The van der Waals surface area contributed by atoms with E-state index >= 15 is 0 Å². The molecule has 1 aromatic rings. The van der Waals surface area contributed by atoms with Crippen molar-refractivity contribution >= 4 is 11.6 Å². The van der Waals surface area contributed by atoms with Gasteiger partial charge < -0.3 is 5.32 Å². The average molecular weight is 306 g/mol. The number of amides is 1. The number of nitro groups is 1. The zero-order valence-electron chi connectivity index (χ0n) is 12.8. The lowest BCUT2D eigenvalue weighted by Gasteiger charge is -2.28. The van der Waals surface area contributed by atoms with Gasteiger partial charge in [-0.15, -0.1) is 0 Å². The molecule has 7 heteroatoms. The number of carbonyl (C=O) groups excluding carboxylic acids is 1. The van der Waals surface area contributed by atoms with E-state index in [0.717, 1.165) is 11.8 Å². The normalized spacial score (nSPS) is 27.8. The van der Waals surface area contributed by atoms with Crippen molar-refractivity contribution in [1.82, 2.24) is 15.1 Å². The average Bonchev–Trinajstić information content (AvgIpc) is 3.20. The van der Waals surface area contributed by atoms with Gasteiger partial charge in [-0.25, -0.2) is 0 Å². The Hall–Kier alpha value is -1.92. The Bertz CT molecular complexity index is 571. The summed E-state index contributed by atoms with van der Waals surface area (Å²) in [6.45, 7) is 2.46. The van der Waals surface area contributed by atoms with E-state index in [9.17, 15) is 14.9 Å². The van der Waals surface area contributed by atoms with Gasteiger partial charge in [0, 0.05) is 19.0 Å². The molecule has 2 aliphatic rings. The zero-order valence-corrected chi connectivity index (χ0v) is 12.8. The zero-order chi connectivity index (χ0) is 15.7. The third kappa shape index (κ3) is 3.13. The third-order valence-corrected chi connectivity index (χ3v) is 5.22. The molecule has 0 saturated heterocycles. The second-order valence-corrected chi connectivity index (χ2v) is 6.66. The van der Waals surface area contributed by atoms with Crippen LogP contribution in [0.2, 0.25) is 0 Å². The third-order valence-electron chi connectivity index (χ3n) is 5.22. The van der Waals surface area contributed by atoms with Crippen molar-refractivity contribution in [2.75, 3.05) is 0 Å². The molecule has 2 fully saturated rings. The number of hydrogen-bond donors (Lipinski definition) is 1. The monoisotopic (exact) mass is 306 g/mol. The first-order chi connectivity index (χ1) is 10.5. The molecule has 3 rings (SSSR count). The number of nitrogens with one attached hydrogen (secondary N) is 1. The summed E-state index contributed by atoms with van der Waals surface area (Å²) in [6, 6.07) is 0.217. The van der Waals surface area contributed by atoms with Crippen LogP contribution in [0, 0.1) is 27.9 Å². The number of rotatable bonds is 6. The largest absolute Gasteiger partial charge is 0.353 e. The number of aryl methyl sites for hydroxylation is 1. The highest BCUT2D eigenvalue weighted by molar-refractivity contribution is 5.76. The van der Waals surface area contributed by atoms with Crippen molar-refractivity contribution in [3.8, 4) is 0 Å². The molecule has 1 aromatic heterocycles. The van der Waals surface area contributed by atoms with Gasteiger partial charge in [0.1, 0.15) is 12.4 Å². The van der Waals surface area contributed by atoms with Crippen LogP contribution in [0.4, 0.5) is 5.69 Å². The summed E-state index contributed by atoms with van der Waals surface area (Å²) >= 11 is 0. The van der Waals surface area contributed by atoms with Gasteiger partial charge >= 0.3 is 5.69 Å². The lowest BCUT2D eigenvalue weighted by atomic mass is 9.84. The highest BCUT2D eigenvalue weighted by atomic mass is 16.6. The Kier molecular flexibility index (Phi) is 4.13. The molecule has 120 valence electrons. The standard InChI is InChI=1S/C15H22N4O3/c1-10(14-7-11-2-3-12(14)6-11)17-15(20)4-5-18-9-13(8-16-18)19(21)22/h8-12,14H,2-7H2,1H3,(H,17,20)/t10-,11+,12+,14-/m1/s1. The van der Waals surface area contributed by atoms with Crippen molar-refractivity contribution in [2.45, 2.75) is 51.6 Å². The van der Waals surface area contributed by atoms with Crippen LogP contribution >= 0.6 is 0 Å². The van der Waals surface area contributed by atoms with Gasteiger partial charge in [-0.2, -0.15) is 5.10 Å². The van der Waals surface area contributed by atoms with E-state index < -0.39 is 4.92 Å². The minimum Gasteiger partial charge on any atom is -0.353 e. The molecule has 1 N–H and O–H groups in total. The number of carbonyl (C=O) groups is 1. The lowest BCUT2D eigenvalue weighted by molar-refractivity contribution is -0.385. The first-order valence-corrected chi connectivity index (χ1v) is 7.99. The molecule has 0 unspecified atom stereocenters. The van der Waals surface area contributed by atoms with E-state index in [-0.39, 0.29) is 17.6 Å². The van der Waals surface area contributed by atoms with Crippen molar-refractivity contribution in [2.24, 2.45) is 17.8 Å². The van der Waals surface area contributed by atoms with Crippen molar-refractivity contribution in [1.29, 1.82) is 0 Å². The van der Waals surface area contributed by atoms with Gasteiger partial charge in [-0.05, 0) is 43.9 Å². The molecule has 0 aromatic carbocycles. The molecule has 22 heavy (non-hydrogen) atoms. The summed E-state index contributed by atoms with van der Waals surface area (Å²) in [4.78, 5) is 22.1. The van der Waals surface area contributed by atoms with Crippen LogP contribution in [0.1, 0.15) is 39.0 Å². The maximum atomic E-state index is 12.0. The SMILES string of the molecule is C[C@@H](NC(=O)CCn1cc([N+](=O)[O-])cn1)[C@H]1C[C@H]2CC[C@H]1C2. The van der Waals surface area contributed by atoms with E-state index in [0.29, 0.717) is 18.9 Å². The Morgan fingerprint density at radius 3 is 2.95 bits per heavy atom. The maximum Gasteiger partial charge on any atom is 0.306 e. The fourth-order valence-electron chi connectivity index (χ4n) is 4.12. The predicted octanol–water partition coefficient (Wildman–Crippen LogP) is 2.12. The molecule has 1 heterocycles. The number of fused-ring (bicyclic) bond motifs is 2. The summed E-state index contributed by atoms with van der Waals surface area (Å²) < 4.78 is 1.44. The molecule has 0 aliphatic heterocycles. The molecular formula is C15H22N4O3. The quantitative estimate of drug-likeness (QED) is 0.644. The maximum absolute atomic E-state index is 12.0. The van der Waals surface area contributed by atoms with Crippen LogP contribution in [0.3, 0.4) is 0 Å². The fourth-order valence-corrected chi connectivity index (χ4v) is 4.12. The molecule has 1 amide bonds. The molecule has 0 spiro atoms. The lowest BCUT2D eigenvalue weighted by Crippen LogP contribution is -2.40. The second kappa shape index (κ2) is 6.06. The van der Waals surface area contributed by atoms with Crippen LogP contribution < -0.4 is 5.32 Å². The van der Waals surface area contributed by atoms with Crippen molar-refractivity contribution in [3.05, 3.63) is 22.5 Å². The molecule has 7 nitrogen and oxygen atoms in total. The van der Waals surface area contributed by atoms with E-state index in [1.807, 2.05) is 0 Å². The minimum atomic E-state index is -0.485. The van der Waals surface area contributed by atoms with Crippen LogP contribution in [0.25, 0.3) is 0 Å². The topological polar surface area (TPSA) is 90.1 Å². The summed E-state index contributed by atoms with van der Waals surface area (Å²) in [5, 5.41) is 17.6. The van der Waals surface area contributed by atoms with E-state index in [2.05, 4.69) is 17.3 Å². The number of nitrogens with zero attached hydrogens (tertiary/aromatic N) is 3. The molecular weight excluding hydrogens is 284 g/mol. The number of hydrogen-bond acceptors (Lipinski definition) is 4. The first kappa shape index (κ1) is 15.0. The molecule has 2 saturated carbocycles. The van der Waals surface area contributed by atoms with Crippen LogP contribution in [-0.4, -0.2) is 26.7 Å². The highest BCUT2D eigenvalue weighted by Gasteiger charge is 2.42. The Morgan fingerprint density at radius 1 is 1.55 bits per heavy atom. The van der Waals surface area contributed by atoms with Crippen molar-refractivity contribution in [3.63, 3.8) is 0 Å². The summed E-state index contributed by atoms with van der Waals surface area (Å²) in [6.07, 6.45) is 8.11. The molecule has 2 aliphatic carbocycles. The van der Waals surface area contributed by atoms with Gasteiger partial charge in [0.15, 0.2) is 0 Å². The predicted molar refractivity (Wildman–Crippen MR) is 80.0 cm³/mol. The van der Waals surface area contributed by atoms with Gasteiger partial charge in [-0.3, -0.25) is 19.6 Å². The summed E-state index contributed by atoms with van der Waals surface area (Å²) in [5.74, 6) is 2.27. The van der Waals surface area contributed by atoms with Crippen LogP contribution in [-0.2, 0) is 11.3 Å². The van der Waals surface area contributed by atoms with E-state index in [1.165, 1.54) is 42.8 Å². The Labute approximate surface area is 129 Å². The van der Waals surface area contributed by atoms with Crippen LogP contribution in [0.15, 0.2) is 12.4 Å². The summed E-state index contributed by atoms with van der Waals surface area (Å²) in [5.41, 5.74) is -0.0456. The molecule has 2 bridgehead atoms. The Morgan fingerprint density at radius 2 is 2.36 bits per heavy atom. The van der Waals surface area contributed by atoms with Gasteiger partial charge in [0.25, 0.3) is 0 Å². The fraction of sp³-hybridized carbons (Fsp3) is 0.733. The Balaban J connectivity index is 1.45. The van der Waals surface area contributed by atoms with Crippen molar-refractivity contribution < 1.29 is 9.72 Å². The van der Waals surface area contributed by atoms with Crippen LogP contribution in [0.5, 0.6) is 0 Å². The number of aromatic nitrogens is 2. The molecule has 4 atom stereocenters. The second-order valence-electron chi connectivity index (χ2n) is 6.66. The highest BCUT2D eigenvalue weighted by Crippen LogP contribution is 2.49. The molecule has 0 radical (unpaired) electrons. The van der Waals surface area contributed by atoms with Gasteiger partial charge in [0.05, 0.1) is 4.92 Å². The smallest absolute Gasteiger partial charge is 0.306 e. The van der Waals surface area contributed by atoms with Gasteiger partial charge in [-0.1, -0.05) is 6.42 Å².